The van der Waals surface area contributed by atoms with Gasteiger partial charge < -0.3 is 10.1 Å². The minimum Gasteiger partial charge on any atom is -0.462 e. The van der Waals surface area contributed by atoms with E-state index in [1.807, 2.05) is 31.2 Å². The van der Waals surface area contributed by atoms with E-state index in [1.54, 1.807) is 24.3 Å². The van der Waals surface area contributed by atoms with Crippen molar-refractivity contribution < 1.29 is 14.3 Å². The Morgan fingerprint density at radius 1 is 1.08 bits per heavy atom. The lowest BCUT2D eigenvalue weighted by Crippen LogP contribution is -2.27. The normalized spacial score (nSPS) is 11.0. The average molecular weight is 568 g/mol. The molecule has 0 aliphatic carbocycles. The van der Waals surface area contributed by atoms with Gasteiger partial charge in [0.05, 0.1) is 23.9 Å². The molecule has 1 N–H and O–H groups in total. The number of fused-ring (bicyclic) bond motifs is 1. The predicted octanol–water partition coefficient (Wildman–Crippen LogP) is 6.05. The fraction of sp³-hybridized carbons (Fsp3) is 0.259. The zero-order chi connectivity index (χ0) is 25.7. The summed E-state index contributed by atoms with van der Waals surface area (Å²) in [7, 11) is 0. The van der Waals surface area contributed by atoms with Crippen LogP contribution in [0.2, 0.25) is 0 Å². The van der Waals surface area contributed by atoms with Crippen molar-refractivity contribution in [2.24, 2.45) is 0 Å². The predicted molar refractivity (Wildman–Crippen MR) is 147 cm³/mol. The van der Waals surface area contributed by atoms with Crippen molar-refractivity contribution in [1.82, 2.24) is 9.55 Å². The summed E-state index contributed by atoms with van der Waals surface area (Å²) in [5.41, 5.74) is 2.50. The molecule has 4 rings (SSSR count). The molecule has 0 saturated heterocycles. The summed E-state index contributed by atoms with van der Waals surface area (Å²) < 4.78 is 7.48. The third kappa shape index (κ3) is 5.74. The number of rotatable bonds is 9. The van der Waals surface area contributed by atoms with Crippen molar-refractivity contribution in [3.8, 4) is 11.1 Å². The second kappa shape index (κ2) is 11.6. The van der Waals surface area contributed by atoms with Crippen LogP contribution in [0.5, 0.6) is 0 Å². The number of ether oxygens (including phenoxy) is 1. The van der Waals surface area contributed by atoms with Gasteiger partial charge in [0.25, 0.3) is 5.56 Å². The lowest BCUT2D eigenvalue weighted by molar-refractivity contribution is -0.116. The number of anilines is 1. The number of carbonyl (C=O) groups is 2. The topological polar surface area (TPSA) is 90.3 Å². The smallest absolute Gasteiger partial charge is 0.338 e. The summed E-state index contributed by atoms with van der Waals surface area (Å²) in [6.07, 6.45) is 3.95. The highest BCUT2D eigenvalue weighted by Gasteiger charge is 2.19. The maximum atomic E-state index is 13.4. The van der Waals surface area contributed by atoms with Crippen molar-refractivity contribution >= 4 is 55.0 Å². The molecule has 36 heavy (non-hydrogen) atoms. The Labute approximate surface area is 221 Å². The van der Waals surface area contributed by atoms with E-state index < -0.39 is 5.97 Å². The van der Waals surface area contributed by atoms with Crippen LogP contribution in [0.4, 0.5) is 5.69 Å². The molecule has 4 aromatic rings. The number of nitrogens with one attached hydrogen (secondary N) is 1. The van der Waals surface area contributed by atoms with Crippen LogP contribution in [-0.4, -0.2) is 28.0 Å². The fourth-order valence-corrected chi connectivity index (χ4v) is 5.15. The molecule has 7 nitrogen and oxygen atoms in total. The number of unbranched alkanes of at least 4 members (excludes halogenated alkanes) is 1. The number of aryl methyl sites for hydroxylation is 1. The number of halogens is 1. The lowest BCUT2D eigenvalue weighted by Gasteiger charge is -2.09. The van der Waals surface area contributed by atoms with E-state index in [1.165, 1.54) is 22.2 Å². The molecule has 0 atom stereocenters. The number of amides is 1. The minimum atomic E-state index is -0.393. The molecule has 2 aromatic carbocycles. The molecule has 0 spiro atoms. The average Bonchev–Trinajstić information content (AvgIpc) is 3.26. The van der Waals surface area contributed by atoms with E-state index in [2.05, 4.69) is 33.2 Å². The van der Waals surface area contributed by atoms with Crippen LogP contribution in [0.15, 0.2) is 64.1 Å². The summed E-state index contributed by atoms with van der Waals surface area (Å²) in [4.78, 5) is 44.4. The molecule has 2 heterocycles. The van der Waals surface area contributed by atoms with E-state index in [0.29, 0.717) is 28.1 Å². The molecule has 0 bridgehead atoms. The van der Waals surface area contributed by atoms with Gasteiger partial charge in [-0.25, -0.2) is 9.78 Å². The summed E-state index contributed by atoms with van der Waals surface area (Å²) >= 11 is 4.96. The number of aromatic nitrogens is 2. The van der Waals surface area contributed by atoms with Crippen molar-refractivity contribution in [2.45, 2.75) is 39.7 Å². The van der Waals surface area contributed by atoms with Crippen LogP contribution < -0.4 is 10.9 Å². The summed E-state index contributed by atoms with van der Waals surface area (Å²) in [6, 6.07) is 14.3. The molecular formula is C27H26BrN3O4S. The highest BCUT2D eigenvalue weighted by atomic mass is 79.9. The van der Waals surface area contributed by atoms with Crippen LogP contribution in [-0.2, 0) is 22.5 Å². The SMILES string of the molecule is CCCCOC(=O)c1ccc(NC(=O)Cn2cnc3sc(CC)c(-c4ccc(Br)cc4)c3c2=O)cc1. The van der Waals surface area contributed by atoms with Crippen molar-refractivity contribution in [2.75, 3.05) is 11.9 Å². The Balaban J connectivity index is 1.53. The Bertz CT molecular complexity index is 1440. The van der Waals surface area contributed by atoms with E-state index in [0.717, 1.165) is 39.7 Å². The quantitative estimate of drug-likeness (QED) is 0.196. The van der Waals surface area contributed by atoms with Crippen LogP contribution in [0.3, 0.4) is 0 Å². The lowest BCUT2D eigenvalue weighted by atomic mass is 10.0. The minimum absolute atomic E-state index is 0.181. The van der Waals surface area contributed by atoms with Gasteiger partial charge in [-0.1, -0.05) is 48.3 Å². The summed E-state index contributed by atoms with van der Waals surface area (Å²) in [6.45, 7) is 4.28. The van der Waals surface area contributed by atoms with Crippen LogP contribution in [0, 0.1) is 0 Å². The molecule has 1 amide bonds. The Kier molecular flexibility index (Phi) is 8.32. The highest BCUT2D eigenvalue weighted by molar-refractivity contribution is 9.10. The second-order valence-electron chi connectivity index (χ2n) is 8.23. The number of thiophene rings is 1. The van der Waals surface area contributed by atoms with Gasteiger partial charge in [-0.3, -0.25) is 14.2 Å². The monoisotopic (exact) mass is 567 g/mol. The number of hydrogen-bond donors (Lipinski definition) is 1. The molecule has 0 fully saturated rings. The van der Waals surface area contributed by atoms with Crippen LogP contribution >= 0.6 is 27.3 Å². The number of carbonyl (C=O) groups excluding carboxylic acids is 2. The molecule has 186 valence electrons. The zero-order valence-corrected chi connectivity index (χ0v) is 22.4. The number of esters is 1. The zero-order valence-electron chi connectivity index (χ0n) is 20.0. The molecule has 0 saturated carbocycles. The number of nitrogens with zero attached hydrogens (tertiary/aromatic N) is 2. The molecule has 2 aromatic heterocycles. The summed E-state index contributed by atoms with van der Waals surface area (Å²) in [5.74, 6) is -0.760. The van der Waals surface area contributed by atoms with Gasteiger partial charge in [0, 0.05) is 20.6 Å². The van der Waals surface area contributed by atoms with Gasteiger partial charge in [-0.05, 0) is 54.8 Å². The van der Waals surface area contributed by atoms with Crippen molar-refractivity contribution in [1.29, 1.82) is 0 Å². The van der Waals surface area contributed by atoms with Crippen LogP contribution in [0.1, 0.15) is 41.9 Å². The molecular weight excluding hydrogens is 542 g/mol. The van der Waals surface area contributed by atoms with E-state index in [9.17, 15) is 14.4 Å². The van der Waals surface area contributed by atoms with E-state index in [-0.39, 0.29) is 18.0 Å². The van der Waals surface area contributed by atoms with E-state index in [4.69, 9.17) is 4.74 Å². The van der Waals surface area contributed by atoms with Gasteiger partial charge >= 0.3 is 5.97 Å². The Morgan fingerprint density at radius 2 is 1.81 bits per heavy atom. The molecule has 9 heteroatoms. The van der Waals surface area contributed by atoms with Gasteiger partial charge in [0.1, 0.15) is 11.4 Å². The maximum Gasteiger partial charge on any atom is 0.338 e. The maximum absolute atomic E-state index is 13.4. The molecule has 0 unspecified atom stereocenters. The summed E-state index contributed by atoms with van der Waals surface area (Å²) in [5, 5.41) is 3.30. The molecule has 0 radical (unpaired) electrons. The van der Waals surface area contributed by atoms with Gasteiger partial charge in [-0.2, -0.15) is 0 Å². The molecule has 0 aliphatic rings. The van der Waals surface area contributed by atoms with E-state index >= 15 is 0 Å². The molecule has 0 aliphatic heterocycles. The first-order chi connectivity index (χ1) is 17.4. The highest BCUT2D eigenvalue weighted by Crippen LogP contribution is 2.36. The Hall–Kier alpha value is -3.30. The Morgan fingerprint density at radius 3 is 2.47 bits per heavy atom. The van der Waals surface area contributed by atoms with Crippen molar-refractivity contribution in [3.63, 3.8) is 0 Å². The van der Waals surface area contributed by atoms with Gasteiger partial charge in [0.15, 0.2) is 0 Å². The second-order valence-corrected chi connectivity index (χ2v) is 10.2. The fourth-order valence-electron chi connectivity index (χ4n) is 3.79. The van der Waals surface area contributed by atoms with Crippen LogP contribution in [0.25, 0.3) is 21.3 Å². The number of benzene rings is 2. The third-order valence-electron chi connectivity index (χ3n) is 5.66. The number of hydrogen-bond acceptors (Lipinski definition) is 6. The first kappa shape index (κ1) is 25.8. The third-order valence-corrected chi connectivity index (χ3v) is 7.43. The largest absolute Gasteiger partial charge is 0.462 e. The van der Waals surface area contributed by atoms with Gasteiger partial charge in [-0.15, -0.1) is 11.3 Å². The first-order valence-corrected chi connectivity index (χ1v) is 13.4. The first-order valence-electron chi connectivity index (χ1n) is 11.7. The van der Waals surface area contributed by atoms with Crippen molar-refractivity contribution in [3.05, 3.63) is 80.1 Å². The standard InChI is InChI=1S/C27H26BrN3O4S/c1-3-5-14-35-27(34)18-8-12-20(13-9-18)30-22(32)15-31-16-29-25-24(26(31)33)23(21(4-2)36-25)17-6-10-19(28)11-7-17/h6-13,16H,3-5,14-15H2,1-2H3,(H,30,32). The van der Waals surface area contributed by atoms with Gasteiger partial charge in [0.2, 0.25) is 5.91 Å².